The molecule has 0 saturated carbocycles. The quantitative estimate of drug-likeness (QED) is 0.843. The number of hydrogen-bond donors (Lipinski definition) is 1. The summed E-state index contributed by atoms with van der Waals surface area (Å²) in [5.74, 6) is -1.99. The average Bonchev–Trinajstić information content (AvgIpc) is 2.21. The largest absolute Gasteiger partial charge is 0.480 e. The molecule has 0 aromatic rings. The third-order valence-electron chi connectivity index (χ3n) is 2.26. The van der Waals surface area contributed by atoms with E-state index in [1.807, 2.05) is 0 Å². The van der Waals surface area contributed by atoms with E-state index in [9.17, 15) is 24.3 Å². The monoisotopic (exact) mass is 331 g/mol. The number of carbonyl (C=O) groups is 4. The maximum absolute atomic E-state index is 12.2. The normalized spacial score (nSPS) is 13.0. The maximum Gasteiger partial charge on any atom is 0.420 e. The molecule has 0 heterocycles. The molecule has 1 unspecified atom stereocenters. The number of carbonyl (C=O) groups excluding carboxylic acids is 3. The number of aliphatic carboxylic acids is 1. The van der Waals surface area contributed by atoms with Gasteiger partial charge in [-0.3, -0.25) is 4.79 Å². The van der Waals surface area contributed by atoms with E-state index in [1.165, 1.54) is 0 Å². The third kappa shape index (κ3) is 8.18. The molecule has 0 bridgehead atoms. The van der Waals surface area contributed by atoms with Crippen molar-refractivity contribution >= 4 is 23.9 Å². The van der Waals surface area contributed by atoms with Gasteiger partial charge in [0.05, 0.1) is 0 Å². The van der Waals surface area contributed by atoms with Crippen molar-refractivity contribution in [3.63, 3.8) is 0 Å². The summed E-state index contributed by atoms with van der Waals surface area (Å²) in [5, 5.41) is 9.28. The minimum absolute atomic E-state index is 0.334. The van der Waals surface area contributed by atoms with Crippen LogP contribution in [0, 0.1) is 0 Å². The Bertz CT molecular complexity index is 457. The van der Waals surface area contributed by atoms with Gasteiger partial charge in [0.1, 0.15) is 17.0 Å². The predicted molar refractivity (Wildman–Crippen MR) is 81.0 cm³/mol. The molecule has 23 heavy (non-hydrogen) atoms. The molecule has 1 atom stereocenters. The molecule has 8 heteroatoms. The minimum atomic E-state index is -1.70. The lowest BCUT2D eigenvalue weighted by molar-refractivity contribution is -0.144. The zero-order valence-corrected chi connectivity index (χ0v) is 14.6. The molecule has 0 aliphatic rings. The molecule has 0 aromatic carbocycles. The molecule has 0 rings (SSSR count). The highest BCUT2D eigenvalue weighted by atomic mass is 16.6. The molecule has 2 amide bonds. The number of carboxylic acids is 1. The van der Waals surface area contributed by atoms with E-state index in [0.717, 1.165) is 6.92 Å². The zero-order chi connectivity index (χ0) is 18.6. The van der Waals surface area contributed by atoms with E-state index in [4.69, 9.17) is 9.47 Å². The van der Waals surface area contributed by atoms with Gasteiger partial charge in [0.2, 0.25) is 0 Å². The fraction of sp³-hybridized carbons (Fsp3) is 0.733. The lowest BCUT2D eigenvalue weighted by atomic mass is 10.1. The number of ether oxygens (including phenoxy) is 2. The molecule has 0 radical (unpaired) electrons. The van der Waals surface area contributed by atoms with Crippen LogP contribution >= 0.6 is 0 Å². The van der Waals surface area contributed by atoms with Crippen molar-refractivity contribution in [2.45, 2.75) is 72.1 Å². The van der Waals surface area contributed by atoms with E-state index in [0.29, 0.717) is 4.90 Å². The second-order valence-corrected chi connectivity index (χ2v) is 7.09. The molecule has 0 aromatic heterocycles. The number of nitrogens with zero attached hydrogens (tertiary/aromatic N) is 1. The van der Waals surface area contributed by atoms with Crippen molar-refractivity contribution in [1.82, 2.24) is 4.90 Å². The Kier molecular flexibility index (Phi) is 6.75. The summed E-state index contributed by atoms with van der Waals surface area (Å²) in [6.45, 7) is 10.6. The first-order valence-corrected chi connectivity index (χ1v) is 7.11. The molecule has 0 spiro atoms. The number of ketones is 1. The Labute approximate surface area is 135 Å². The van der Waals surface area contributed by atoms with Crippen molar-refractivity contribution in [2.75, 3.05) is 0 Å². The van der Waals surface area contributed by atoms with Crippen LogP contribution in [-0.2, 0) is 19.1 Å². The van der Waals surface area contributed by atoms with E-state index in [1.54, 1.807) is 41.5 Å². The van der Waals surface area contributed by atoms with Crippen LogP contribution in [0.2, 0.25) is 0 Å². The molecule has 0 aliphatic carbocycles. The number of amides is 2. The lowest BCUT2D eigenvalue weighted by Crippen LogP contribution is -2.52. The number of carboxylic acid groups (broad SMARTS) is 1. The highest BCUT2D eigenvalue weighted by Crippen LogP contribution is 2.18. The van der Waals surface area contributed by atoms with Crippen LogP contribution in [0.1, 0.15) is 54.9 Å². The molecule has 0 saturated heterocycles. The second-order valence-electron chi connectivity index (χ2n) is 7.09. The average molecular weight is 331 g/mol. The standard InChI is InChI=1S/C15H25NO7/c1-9(17)8-10(11(18)19)16(12(20)22-14(2,3)4)13(21)23-15(5,6)7/h10H,8H2,1-7H3,(H,18,19). The van der Waals surface area contributed by atoms with Gasteiger partial charge < -0.3 is 14.6 Å². The highest BCUT2D eigenvalue weighted by molar-refractivity contribution is 5.95. The summed E-state index contributed by atoms with van der Waals surface area (Å²) in [5.41, 5.74) is -1.90. The van der Waals surface area contributed by atoms with E-state index in [-0.39, 0.29) is 0 Å². The second kappa shape index (κ2) is 7.43. The van der Waals surface area contributed by atoms with Crippen LogP contribution in [0.5, 0.6) is 0 Å². The molecular formula is C15H25NO7. The lowest BCUT2D eigenvalue weighted by Gasteiger charge is -2.31. The highest BCUT2D eigenvalue weighted by Gasteiger charge is 2.40. The summed E-state index contributed by atoms with van der Waals surface area (Å²) >= 11 is 0. The smallest absolute Gasteiger partial charge is 0.420 e. The van der Waals surface area contributed by atoms with Crippen LogP contribution in [0.4, 0.5) is 9.59 Å². The van der Waals surface area contributed by atoms with E-state index in [2.05, 4.69) is 0 Å². The van der Waals surface area contributed by atoms with Crippen LogP contribution in [0.25, 0.3) is 0 Å². The van der Waals surface area contributed by atoms with Crippen molar-refractivity contribution in [3.8, 4) is 0 Å². The number of rotatable bonds is 4. The Morgan fingerprint density at radius 3 is 1.48 bits per heavy atom. The fourth-order valence-corrected chi connectivity index (χ4v) is 1.51. The topological polar surface area (TPSA) is 110 Å². The van der Waals surface area contributed by atoms with Gasteiger partial charge >= 0.3 is 18.2 Å². The maximum atomic E-state index is 12.2. The van der Waals surface area contributed by atoms with Gasteiger partial charge in [-0.1, -0.05) is 0 Å². The first kappa shape index (κ1) is 20.9. The fourth-order valence-electron chi connectivity index (χ4n) is 1.51. The van der Waals surface area contributed by atoms with E-state index < -0.39 is 47.6 Å². The third-order valence-corrected chi connectivity index (χ3v) is 2.26. The van der Waals surface area contributed by atoms with Crippen LogP contribution < -0.4 is 0 Å². The Morgan fingerprint density at radius 2 is 1.26 bits per heavy atom. The van der Waals surface area contributed by atoms with Gasteiger partial charge in [-0.15, -0.1) is 0 Å². The first-order chi connectivity index (χ1) is 10.1. The number of hydrogen-bond acceptors (Lipinski definition) is 6. The first-order valence-electron chi connectivity index (χ1n) is 7.11. The molecule has 0 aliphatic heterocycles. The number of Topliss-reactive ketones (excluding diaryl/α,β-unsaturated/α-hetero) is 1. The Morgan fingerprint density at radius 1 is 0.913 bits per heavy atom. The summed E-state index contributed by atoms with van der Waals surface area (Å²) in [7, 11) is 0. The van der Waals surface area contributed by atoms with Gasteiger partial charge in [0.25, 0.3) is 0 Å². The molecule has 132 valence electrons. The van der Waals surface area contributed by atoms with Crippen molar-refractivity contribution < 1.29 is 33.8 Å². The van der Waals surface area contributed by atoms with Gasteiger partial charge in [-0.25, -0.2) is 14.4 Å². The van der Waals surface area contributed by atoms with Crippen molar-refractivity contribution in [1.29, 1.82) is 0 Å². The predicted octanol–water partition coefficient (Wildman–Crippen LogP) is 2.59. The summed E-state index contributed by atoms with van der Waals surface area (Å²) in [6.07, 6.45) is -2.89. The van der Waals surface area contributed by atoms with Gasteiger partial charge in [0.15, 0.2) is 6.04 Å². The van der Waals surface area contributed by atoms with Crippen molar-refractivity contribution in [3.05, 3.63) is 0 Å². The minimum Gasteiger partial charge on any atom is -0.480 e. The van der Waals surface area contributed by atoms with Crippen LogP contribution in [-0.4, -0.2) is 51.2 Å². The molecule has 1 N–H and O–H groups in total. The van der Waals surface area contributed by atoms with Crippen LogP contribution in [0.3, 0.4) is 0 Å². The Balaban J connectivity index is 5.67. The summed E-state index contributed by atoms with van der Waals surface area (Å²) < 4.78 is 10.1. The summed E-state index contributed by atoms with van der Waals surface area (Å²) in [6, 6.07) is -1.70. The number of imide groups is 1. The SMILES string of the molecule is CC(=O)CC(C(=O)O)N(C(=O)OC(C)(C)C)C(=O)OC(C)(C)C. The summed E-state index contributed by atoms with van der Waals surface area (Å²) in [4.78, 5) is 47.5. The van der Waals surface area contributed by atoms with Crippen molar-refractivity contribution in [2.24, 2.45) is 0 Å². The van der Waals surface area contributed by atoms with Gasteiger partial charge in [0, 0.05) is 6.42 Å². The Hall–Kier alpha value is -2.12. The van der Waals surface area contributed by atoms with E-state index >= 15 is 0 Å². The molecular weight excluding hydrogens is 306 g/mol. The molecule has 8 nitrogen and oxygen atoms in total. The molecule has 0 fully saturated rings. The van der Waals surface area contributed by atoms with Gasteiger partial charge in [-0.2, -0.15) is 4.90 Å². The van der Waals surface area contributed by atoms with Gasteiger partial charge in [-0.05, 0) is 48.5 Å². The van der Waals surface area contributed by atoms with Crippen LogP contribution in [0.15, 0.2) is 0 Å². The zero-order valence-electron chi connectivity index (χ0n) is 14.6.